The Hall–Kier alpha value is -3.52. The molecule has 0 unspecified atom stereocenters. The summed E-state index contributed by atoms with van der Waals surface area (Å²) in [5.41, 5.74) is 7.65. The van der Waals surface area contributed by atoms with Gasteiger partial charge in [0.25, 0.3) is 0 Å². The summed E-state index contributed by atoms with van der Waals surface area (Å²) >= 11 is 0. The van der Waals surface area contributed by atoms with Crippen LogP contribution in [-0.4, -0.2) is 0 Å². The number of benzene rings is 4. The van der Waals surface area contributed by atoms with Crippen LogP contribution in [0.4, 0.5) is 0 Å². The van der Waals surface area contributed by atoms with Crippen LogP contribution >= 0.6 is 0 Å². The number of aryl methyl sites for hydroxylation is 1. The molecule has 0 fully saturated rings. The zero-order valence-corrected chi connectivity index (χ0v) is 16.2. The van der Waals surface area contributed by atoms with E-state index in [0.717, 1.165) is 35.2 Å². The Bertz CT molecular complexity index is 1510. The molecule has 2 aromatic heterocycles. The molecule has 0 aliphatic rings. The van der Waals surface area contributed by atoms with Crippen LogP contribution in [0.2, 0.25) is 0 Å². The molecule has 2 heterocycles. The summed E-state index contributed by atoms with van der Waals surface area (Å²) in [4.78, 5) is 0. The molecule has 0 saturated heterocycles. The van der Waals surface area contributed by atoms with E-state index in [1.165, 1.54) is 38.2 Å². The van der Waals surface area contributed by atoms with Gasteiger partial charge >= 0.3 is 0 Å². The minimum Gasteiger partial charge on any atom is -0.456 e. The normalized spacial score (nSPS) is 11.9. The Morgan fingerprint density at radius 3 is 2.00 bits per heavy atom. The van der Waals surface area contributed by atoms with Gasteiger partial charge in [0.1, 0.15) is 22.3 Å². The van der Waals surface area contributed by atoms with Gasteiger partial charge in [-0.25, -0.2) is 0 Å². The summed E-state index contributed by atoms with van der Waals surface area (Å²) in [6, 6.07) is 27.4. The predicted molar refractivity (Wildman–Crippen MR) is 120 cm³/mol. The van der Waals surface area contributed by atoms with Crippen LogP contribution in [0, 0.1) is 0 Å². The van der Waals surface area contributed by atoms with Crippen molar-refractivity contribution in [2.75, 3.05) is 0 Å². The third-order valence-corrected chi connectivity index (χ3v) is 5.94. The summed E-state index contributed by atoms with van der Waals surface area (Å²) < 4.78 is 12.4. The van der Waals surface area contributed by atoms with Gasteiger partial charge in [0.05, 0.1) is 0 Å². The van der Waals surface area contributed by atoms with Crippen LogP contribution in [-0.2, 0) is 12.8 Å². The summed E-state index contributed by atoms with van der Waals surface area (Å²) in [5.74, 6) is 0. The highest BCUT2D eigenvalue weighted by molar-refractivity contribution is 6.09. The number of hydrogen-bond donors (Lipinski definition) is 0. The molecule has 6 aromatic rings. The monoisotopic (exact) mass is 376 g/mol. The van der Waals surface area contributed by atoms with Crippen molar-refractivity contribution in [3.05, 3.63) is 95.6 Å². The Morgan fingerprint density at radius 2 is 1.21 bits per heavy atom. The number of fused-ring (bicyclic) bond motifs is 6. The third kappa shape index (κ3) is 2.42. The lowest BCUT2D eigenvalue weighted by molar-refractivity contribution is 0.663. The Morgan fingerprint density at radius 1 is 0.552 bits per heavy atom. The van der Waals surface area contributed by atoms with Crippen molar-refractivity contribution in [1.29, 1.82) is 0 Å². The van der Waals surface area contributed by atoms with Crippen LogP contribution in [0.15, 0.2) is 87.7 Å². The molecule has 0 amide bonds. The first-order valence-corrected chi connectivity index (χ1v) is 10.1. The van der Waals surface area contributed by atoms with Gasteiger partial charge in [-0.05, 0) is 41.3 Å². The van der Waals surface area contributed by atoms with E-state index in [4.69, 9.17) is 8.83 Å². The van der Waals surface area contributed by atoms with Gasteiger partial charge in [-0.3, -0.25) is 0 Å². The van der Waals surface area contributed by atoms with E-state index in [-0.39, 0.29) is 0 Å². The summed E-state index contributed by atoms with van der Waals surface area (Å²) in [5, 5.41) is 4.83. The molecular weight excluding hydrogens is 356 g/mol. The first-order chi connectivity index (χ1) is 14.3. The summed E-state index contributed by atoms with van der Waals surface area (Å²) in [7, 11) is 0. The van der Waals surface area contributed by atoms with E-state index in [2.05, 4.69) is 67.6 Å². The molecule has 2 heteroatoms. The SMILES string of the molecule is CCc1ccc(Cc2cccc3oc4ccccc4c23)c2oc3ccccc3c12. The number of furan rings is 2. The van der Waals surface area contributed by atoms with Crippen LogP contribution in [0.3, 0.4) is 0 Å². The fourth-order valence-electron chi connectivity index (χ4n) is 4.58. The van der Waals surface area contributed by atoms with Crippen molar-refractivity contribution in [2.24, 2.45) is 0 Å². The highest BCUT2D eigenvalue weighted by Crippen LogP contribution is 2.37. The summed E-state index contributed by atoms with van der Waals surface area (Å²) in [6.07, 6.45) is 1.80. The van der Waals surface area contributed by atoms with Crippen LogP contribution in [0.1, 0.15) is 23.6 Å². The highest BCUT2D eigenvalue weighted by atomic mass is 16.3. The number of para-hydroxylation sites is 2. The molecule has 0 atom stereocenters. The minimum absolute atomic E-state index is 0.807. The molecule has 0 aliphatic heterocycles. The van der Waals surface area contributed by atoms with E-state index in [1.807, 2.05) is 18.2 Å². The van der Waals surface area contributed by atoms with Crippen molar-refractivity contribution < 1.29 is 8.83 Å². The Balaban J connectivity index is 1.61. The molecule has 0 N–H and O–H groups in total. The lowest BCUT2D eigenvalue weighted by Crippen LogP contribution is -1.92. The molecule has 0 saturated carbocycles. The molecule has 0 radical (unpaired) electrons. The van der Waals surface area contributed by atoms with Crippen molar-refractivity contribution in [3.8, 4) is 0 Å². The molecule has 6 rings (SSSR count). The second-order valence-electron chi connectivity index (χ2n) is 7.60. The van der Waals surface area contributed by atoms with E-state index < -0.39 is 0 Å². The van der Waals surface area contributed by atoms with Gasteiger partial charge in [0, 0.05) is 28.0 Å². The topological polar surface area (TPSA) is 26.3 Å². The predicted octanol–water partition coefficient (Wildman–Crippen LogP) is 7.64. The molecule has 2 nitrogen and oxygen atoms in total. The van der Waals surface area contributed by atoms with E-state index in [1.54, 1.807) is 0 Å². The Kier molecular flexibility index (Phi) is 3.54. The maximum Gasteiger partial charge on any atom is 0.139 e. The summed E-state index contributed by atoms with van der Waals surface area (Å²) in [6.45, 7) is 2.20. The molecular formula is C27H20O2. The molecule has 0 spiro atoms. The van der Waals surface area contributed by atoms with Crippen molar-refractivity contribution in [1.82, 2.24) is 0 Å². The highest BCUT2D eigenvalue weighted by Gasteiger charge is 2.16. The standard InChI is InChI=1S/C27H20O2/c1-2-17-14-15-19(27-26(17)21-10-4-6-12-23(21)29-27)16-18-8-7-13-24-25(18)20-9-3-5-11-22(20)28-24/h3-15H,2,16H2,1H3. The van der Waals surface area contributed by atoms with Gasteiger partial charge in [-0.1, -0.05) is 67.6 Å². The fourth-order valence-corrected chi connectivity index (χ4v) is 4.58. The molecule has 0 bridgehead atoms. The number of hydrogen-bond acceptors (Lipinski definition) is 2. The smallest absolute Gasteiger partial charge is 0.139 e. The largest absolute Gasteiger partial charge is 0.456 e. The first-order valence-electron chi connectivity index (χ1n) is 10.1. The second kappa shape index (κ2) is 6.25. The zero-order valence-electron chi connectivity index (χ0n) is 16.2. The lowest BCUT2D eigenvalue weighted by Gasteiger charge is -2.07. The molecule has 0 aliphatic carbocycles. The molecule has 140 valence electrons. The first kappa shape index (κ1) is 16.4. The average Bonchev–Trinajstić information content (AvgIpc) is 3.33. The minimum atomic E-state index is 0.807. The lowest BCUT2D eigenvalue weighted by atomic mass is 9.95. The fraction of sp³-hybridized carbons (Fsp3) is 0.111. The van der Waals surface area contributed by atoms with Gasteiger partial charge in [-0.15, -0.1) is 0 Å². The van der Waals surface area contributed by atoms with Gasteiger partial charge in [0.15, 0.2) is 0 Å². The average molecular weight is 376 g/mol. The van der Waals surface area contributed by atoms with Gasteiger partial charge in [-0.2, -0.15) is 0 Å². The van der Waals surface area contributed by atoms with E-state index in [9.17, 15) is 0 Å². The maximum absolute atomic E-state index is 6.36. The molecule has 4 aromatic carbocycles. The van der Waals surface area contributed by atoms with Crippen LogP contribution in [0.25, 0.3) is 43.9 Å². The Labute approximate surface area is 168 Å². The van der Waals surface area contributed by atoms with Crippen molar-refractivity contribution >= 4 is 43.9 Å². The maximum atomic E-state index is 6.36. The van der Waals surface area contributed by atoms with Crippen LogP contribution in [0.5, 0.6) is 0 Å². The quantitative estimate of drug-likeness (QED) is 0.317. The van der Waals surface area contributed by atoms with Crippen molar-refractivity contribution in [2.45, 2.75) is 19.8 Å². The van der Waals surface area contributed by atoms with E-state index in [0.29, 0.717) is 0 Å². The van der Waals surface area contributed by atoms with E-state index >= 15 is 0 Å². The zero-order chi connectivity index (χ0) is 19.4. The van der Waals surface area contributed by atoms with Gasteiger partial charge in [0.2, 0.25) is 0 Å². The van der Waals surface area contributed by atoms with Crippen LogP contribution < -0.4 is 0 Å². The van der Waals surface area contributed by atoms with Crippen molar-refractivity contribution in [3.63, 3.8) is 0 Å². The molecule has 29 heavy (non-hydrogen) atoms. The second-order valence-corrected chi connectivity index (χ2v) is 7.60. The number of rotatable bonds is 3. The van der Waals surface area contributed by atoms with Gasteiger partial charge < -0.3 is 8.83 Å². The third-order valence-electron chi connectivity index (χ3n) is 5.94.